The minimum Gasteiger partial charge on any atom is -0.135 e. The maximum absolute atomic E-state index is 2.47. The highest BCUT2D eigenvalue weighted by Crippen LogP contribution is 2.50. The predicted molar refractivity (Wildman–Crippen MR) is 254 cm³/mol. The lowest BCUT2D eigenvalue weighted by Gasteiger charge is -2.06. The molecule has 8 bridgehead atoms. The Morgan fingerprint density at radius 3 is 0.638 bits per heavy atom. The summed E-state index contributed by atoms with van der Waals surface area (Å²) >= 11 is 3.77. The van der Waals surface area contributed by atoms with Gasteiger partial charge in [-0.2, -0.15) is 0 Å². The highest BCUT2D eigenvalue weighted by molar-refractivity contribution is 7.25. The number of hydrogen-bond acceptors (Lipinski definition) is 2. The van der Waals surface area contributed by atoms with Crippen molar-refractivity contribution in [3.05, 3.63) is 218 Å². The smallest absolute Gasteiger partial charge is 0.0361 e. The Morgan fingerprint density at radius 1 is 0.207 bits per heavy atom. The molecule has 3 aromatic heterocycles. The summed E-state index contributed by atoms with van der Waals surface area (Å²) in [5, 5.41) is 4.96. The van der Waals surface area contributed by atoms with E-state index < -0.39 is 0 Å². The summed E-state index contributed by atoms with van der Waals surface area (Å²) in [4.78, 5) is 0. The molecule has 0 amide bonds. The zero-order chi connectivity index (χ0) is 38.4. The monoisotopic (exact) mass is 772 g/mol. The molecule has 2 heteroatoms. The van der Waals surface area contributed by atoms with Gasteiger partial charge in [-0.25, -0.2) is 0 Å². The van der Waals surface area contributed by atoms with E-state index in [0.717, 1.165) is 0 Å². The fourth-order valence-electron chi connectivity index (χ4n) is 8.82. The Labute approximate surface area is 346 Å². The van der Waals surface area contributed by atoms with Crippen LogP contribution < -0.4 is 0 Å². The Morgan fingerprint density at radius 2 is 0.414 bits per heavy atom. The topological polar surface area (TPSA) is 0 Å². The van der Waals surface area contributed by atoms with E-state index in [1.54, 1.807) is 0 Å². The van der Waals surface area contributed by atoms with Gasteiger partial charge in [0, 0.05) is 41.1 Å². The van der Waals surface area contributed by atoms with E-state index in [1.807, 2.05) is 22.7 Å². The standard InChI is InChI=1S/C56H36S2/c1-7-19-37(20-8-1)53-45-35-46(42-28-16-5-15-27-41(42)45)54(38-21-9-2-10-22-38)51-33-34-52(58-51)56(40-25-13-4-14-26-40)48-36-47(43-29-17-6-18-30-44(43)48)55(39-23-11-3-12-24-39)50-32-31-49(53)57-50/h1-36H. The minimum atomic E-state index is 1.21. The van der Waals surface area contributed by atoms with Crippen LogP contribution in [0.1, 0.15) is 0 Å². The molecule has 4 aliphatic rings. The fraction of sp³-hybridized carbons (Fsp3) is 0. The van der Waals surface area contributed by atoms with Crippen LogP contribution in [-0.4, -0.2) is 0 Å². The van der Waals surface area contributed by atoms with Gasteiger partial charge in [-0.15, -0.1) is 22.7 Å². The average Bonchev–Trinajstić information content (AvgIpc) is 4.00. The summed E-state index contributed by atoms with van der Waals surface area (Å²) in [5.74, 6) is 0. The van der Waals surface area contributed by atoms with Gasteiger partial charge < -0.3 is 0 Å². The van der Waals surface area contributed by atoms with E-state index in [9.17, 15) is 0 Å². The number of hydrogen-bond donors (Lipinski definition) is 0. The maximum Gasteiger partial charge on any atom is 0.0361 e. The Kier molecular flexibility index (Phi) is 8.65. The van der Waals surface area contributed by atoms with Crippen molar-refractivity contribution < 1.29 is 0 Å². The lowest BCUT2D eigenvalue weighted by atomic mass is 9.99. The van der Waals surface area contributed by atoms with Gasteiger partial charge in [0.15, 0.2) is 0 Å². The predicted octanol–water partition coefficient (Wildman–Crippen LogP) is 17.0. The highest BCUT2D eigenvalue weighted by atomic mass is 32.1. The van der Waals surface area contributed by atoms with Crippen LogP contribution in [0.4, 0.5) is 0 Å². The van der Waals surface area contributed by atoms with E-state index >= 15 is 0 Å². The molecule has 0 aliphatic heterocycles. The molecule has 11 rings (SSSR count). The van der Waals surface area contributed by atoms with E-state index in [0.29, 0.717) is 0 Å². The number of benzene rings is 4. The summed E-state index contributed by atoms with van der Waals surface area (Å²) in [6.45, 7) is 0. The molecule has 58 heavy (non-hydrogen) atoms. The van der Waals surface area contributed by atoms with Crippen LogP contribution in [0, 0.1) is 0 Å². The van der Waals surface area contributed by atoms with Crippen molar-refractivity contribution in [2.45, 2.75) is 0 Å². The first kappa shape index (κ1) is 34.4. The third-order valence-corrected chi connectivity index (χ3v) is 13.6. The molecule has 7 aromatic rings. The second kappa shape index (κ2) is 14.6. The van der Waals surface area contributed by atoms with Gasteiger partial charge in [-0.1, -0.05) is 182 Å². The first-order chi connectivity index (χ1) is 28.8. The molecule has 0 fully saturated rings. The largest absolute Gasteiger partial charge is 0.135 e. The molecule has 3 heterocycles. The number of rotatable bonds is 4. The molecule has 0 atom stereocenters. The van der Waals surface area contributed by atoms with Gasteiger partial charge in [0.1, 0.15) is 0 Å². The zero-order valence-electron chi connectivity index (χ0n) is 31.6. The molecule has 0 spiro atoms. The van der Waals surface area contributed by atoms with Crippen molar-refractivity contribution in [1.82, 2.24) is 0 Å². The van der Waals surface area contributed by atoms with Crippen LogP contribution in [0.2, 0.25) is 0 Å². The lowest BCUT2D eigenvalue weighted by molar-refractivity contribution is 1.69. The van der Waals surface area contributed by atoms with Gasteiger partial charge in [-0.05, 0) is 102 Å². The van der Waals surface area contributed by atoms with Crippen LogP contribution in [0.5, 0.6) is 0 Å². The Bertz CT molecular complexity index is 2870. The highest BCUT2D eigenvalue weighted by Gasteiger charge is 2.21. The van der Waals surface area contributed by atoms with Gasteiger partial charge in [-0.3, -0.25) is 0 Å². The lowest BCUT2D eigenvalue weighted by Crippen LogP contribution is -1.78. The summed E-state index contributed by atoms with van der Waals surface area (Å²) < 4.78 is 4.96. The van der Waals surface area contributed by atoms with E-state index in [1.165, 1.54) is 107 Å². The summed E-state index contributed by atoms with van der Waals surface area (Å²) in [6, 6.07) is 80.5. The van der Waals surface area contributed by atoms with Crippen LogP contribution in [0.3, 0.4) is 0 Å². The molecule has 0 saturated heterocycles. The van der Waals surface area contributed by atoms with E-state index in [2.05, 4.69) is 218 Å². The van der Waals surface area contributed by atoms with E-state index in [-0.39, 0.29) is 0 Å². The Hall–Kier alpha value is -6.84. The number of thiophene rings is 2. The molecule has 0 N–H and O–H groups in total. The fourth-order valence-corrected chi connectivity index (χ4v) is 11.2. The molecule has 4 aliphatic carbocycles. The van der Waals surface area contributed by atoms with Crippen LogP contribution in [0.25, 0.3) is 107 Å². The van der Waals surface area contributed by atoms with Crippen LogP contribution in [-0.2, 0) is 0 Å². The molecule has 0 saturated carbocycles. The van der Waals surface area contributed by atoms with Gasteiger partial charge in [0.2, 0.25) is 0 Å². The molecular weight excluding hydrogens is 737 g/mol. The summed E-state index contributed by atoms with van der Waals surface area (Å²) in [5.41, 5.74) is 14.8. The van der Waals surface area contributed by atoms with Crippen molar-refractivity contribution in [1.29, 1.82) is 0 Å². The minimum absolute atomic E-state index is 1.21. The molecule has 272 valence electrons. The maximum atomic E-state index is 2.47. The SMILES string of the molecule is c1ccc(-c2c3ccc(s3)c(-c3ccccc3)c3cc(c4cccccc3-4)c(-c3ccccc3)c3ccc(s3)c(-c3ccccc3)c3cc2c2cccccc3-2)cc1. The normalized spacial score (nSPS) is 11.4. The molecule has 0 radical (unpaired) electrons. The average molecular weight is 773 g/mol. The first-order valence-electron chi connectivity index (χ1n) is 19.8. The molecule has 0 nitrogen and oxygen atoms in total. The van der Waals surface area contributed by atoms with Gasteiger partial charge >= 0.3 is 0 Å². The molecule has 4 aromatic carbocycles. The van der Waals surface area contributed by atoms with Crippen molar-refractivity contribution in [2.24, 2.45) is 0 Å². The van der Waals surface area contributed by atoms with Crippen LogP contribution >= 0.6 is 22.7 Å². The van der Waals surface area contributed by atoms with Crippen molar-refractivity contribution in [2.75, 3.05) is 0 Å². The summed E-state index contributed by atoms with van der Waals surface area (Å²) in [7, 11) is 0. The zero-order valence-corrected chi connectivity index (χ0v) is 33.2. The molecule has 0 unspecified atom stereocenters. The van der Waals surface area contributed by atoms with Crippen molar-refractivity contribution in [3.63, 3.8) is 0 Å². The molecular formula is C56H36S2. The second-order valence-corrected chi connectivity index (χ2v) is 16.9. The van der Waals surface area contributed by atoms with Crippen LogP contribution in [0.15, 0.2) is 218 Å². The quantitative estimate of drug-likeness (QED) is 0.167. The van der Waals surface area contributed by atoms with Crippen molar-refractivity contribution >= 4 is 63.0 Å². The summed E-state index contributed by atoms with van der Waals surface area (Å²) in [6.07, 6.45) is 0. The first-order valence-corrected chi connectivity index (χ1v) is 21.4. The van der Waals surface area contributed by atoms with Crippen molar-refractivity contribution in [3.8, 4) is 66.8 Å². The number of fused-ring (bicyclic) bond motifs is 14. The van der Waals surface area contributed by atoms with E-state index in [4.69, 9.17) is 0 Å². The third-order valence-electron chi connectivity index (χ3n) is 11.3. The van der Waals surface area contributed by atoms with Gasteiger partial charge in [0.05, 0.1) is 0 Å². The second-order valence-electron chi connectivity index (χ2n) is 14.7. The Balaban J connectivity index is 1.45. The third kappa shape index (κ3) is 5.89. The van der Waals surface area contributed by atoms with Gasteiger partial charge in [0.25, 0.3) is 0 Å².